The molecule has 0 bridgehead atoms. The van der Waals surface area contributed by atoms with Crippen LogP contribution in [0.25, 0.3) is 0 Å². The van der Waals surface area contributed by atoms with Gasteiger partial charge in [-0.15, -0.1) is 11.3 Å². The molecule has 1 aromatic carbocycles. The number of hydrogen-bond acceptors (Lipinski definition) is 4. The van der Waals surface area contributed by atoms with Crippen molar-refractivity contribution in [2.45, 2.75) is 12.8 Å². The van der Waals surface area contributed by atoms with Gasteiger partial charge in [-0.1, -0.05) is 24.3 Å². The highest BCUT2D eigenvalue weighted by Crippen LogP contribution is 2.26. The summed E-state index contributed by atoms with van der Waals surface area (Å²) in [4.78, 5) is 31.9. The van der Waals surface area contributed by atoms with Crippen LogP contribution in [0, 0.1) is 0 Å². The lowest BCUT2D eigenvalue weighted by molar-refractivity contribution is -0.131. The molecule has 0 N–H and O–H groups in total. The van der Waals surface area contributed by atoms with Crippen molar-refractivity contribution in [1.82, 2.24) is 9.80 Å². The first kappa shape index (κ1) is 17.1. The Bertz CT molecular complexity index is 782. The Morgan fingerprint density at radius 3 is 2.46 bits per heavy atom. The summed E-state index contributed by atoms with van der Waals surface area (Å²) in [6, 6.07) is 12.1. The number of piperazine rings is 1. The van der Waals surface area contributed by atoms with Gasteiger partial charge in [0.15, 0.2) is 0 Å². The summed E-state index contributed by atoms with van der Waals surface area (Å²) in [6.45, 7) is 3.81. The fourth-order valence-electron chi connectivity index (χ4n) is 3.75. The predicted octanol–water partition coefficient (Wildman–Crippen LogP) is 2.49. The van der Waals surface area contributed by atoms with Crippen LogP contribution in [-0.4, -0.2) is 60.9 Å². The number of carbonyl (C=O) groups is 2. The molecule has 0 aliphatic carbocycles. The van der Waals surface area contributed by atoms with E-state index in [1.165, 1.54) is 22.6 Å². The van der Waals surface area contributed by atoms with Crippen LogP contribution >= 0.6 is 11.3 Å². The van der Waals surface area contributed by atoms with Gasteiger partial charge in [-0.25, -0.2) is 0 Å². The van der Waals surface area contributed by atoms with Gasteiger partial charge in [-0.3, -0.25) is 9.59 Å². The molecule has 26 heavy (non-hydrogen) atoms. The average molecular weight is 369 g/mol. The minimum absolute atomic E-state index is 0.0806. The highest BCUT2D eigenvalue weighted by molar-refractivity contribution is 7.12. The smallest absolute Gasteiger partial charge is 0.264 e. The number of hydrogen-bond donors (Lipinski definition) is 0. The third-order valence-corrected chi connectivity index (χ3v) is 6.04. The fraction of sp³-hybridized carbons (Fsp3) is 0.400. The highest BCUT2D eigenvalue weighted by atomic mass is 32.1. The van der Waals surface area contributed by atoms with Crippen LogP contribution in [0.15, 0.2) is 41.8 Å². The maximum atomic E-state index is 12.8. The van der Waals surface area contributed by atoms with E-state index in [0.29, 0.717) is 32.7 Å². The lowest BCUT2D eigenvalue weighted by Crippen LogP contribution is -2.52. The Kier molecular flexibility index (Phi) is 4.93. The second kappa shape index (κ2) is 7.50. The molecule has 0 radical (unpaired) electrons. The summed E-state index contributed by atoms with van der Waals surface area (Å²) >= 11 is 1.47. The van der Waals surface area contributed by atoms with Crippen LogP contribution in [0.5, 0.6) is 0 Å². The van der Waals surface area contributed by atoms with Crippen LogP contribution < -0.4 is 4.90 Å². The van der Waals surface area contributed by atoms with Gasteiger partial charge in [0.05, 0.1) is 11.4 Å². The molecule has 2 amide bonds. The van der Waals surface area contributed by atoms with E-state index < -0.39 is 0 Å². The summed E-state index contributed by atoms with van der Waals surface area (Å²) in [6.07, 6.45) is 2.18. The molecule has 2 aliphatic heterocycles. The van der Waals surface area contributed by atoms with E-state index >= 15 is 0 Å². The summed E-state index contributed by atoms with van der Waals surface area (Å²) < 4.78 is 0. The van der Waals surface area contributed by atoms with Crippen molar-refractivity contribution in [3.63, 3.8) is 0 Å². The lowest BCUT2D eigenvalue weighted by Gasteiger charge is -2.37. The molecule has 4 rings (SSSR count). The number of anilines is 1. The molecule has 3 heterocycles. The number of para-hydroxylation sites is 1. The van der Waals surface area contributed by atoms with Crippen LogP contribution in [0.1, 0.15) is 21.7 Å². The highest BCUT2D eigenvalue weighted by Gasteiger charge is 2.27. The first-order valence-electron chi connectivity index (χ1n) is 9.16. The van der Waals surface area contributed by atoms with Crippen molar-refractivity contribution in [2.75, 3.05) is 44.2 Å². The zero-order chi connectivity index (χ0) is 17.9. The van der Waals surface area contributed by atoms with Gasteiger partial charge in [-0.05, 0) is 35.9 Å². The molecular weight excluding hydrogens is 346 g/mol. The Morgan fingerprint density at radius 2 is 1.69 bits per heavy atom. The van der Waals surface area contributed by atoms with E-state index in [1.807, 2.05) is 33.4 Å². The molecule has 2 aliphatic rings. The molecule has 0 saturated carbocycles. The van der Waals surface area contributed by atoms with Crippen LogP contribution in [-0.2, 0) is 11.2 Å². The maximum Gasteiger partial charge on any atom is 0.264 e. The molecule has 6 heteroatoms. The van der Waals surface area contributed by atoms with E-state index in [2.05, 4.69) is 23.1 Å². The quantitative estimate of drug-likeness (QED) is 0.835. The molecule has 1 saturated heterocycles. The third-order valence-electron chi connectivity index (χ3n) is 5.18. The number of thiophene rings is 1. The van der Waals surface area contributed by atoms with E-state index in [1.54, 1.807) is 0 Å². The minimum Gasteiger partial charge on any atom is -0.362 e. The van der Waals surface area contributed by atoms with Crippen molar-refractivity contribution in [2.24, 2.45) is 0 Å². The minimum atomic E-state index is 0.0806. The van der Waals surface area contributed by atoms with Crippen LogP contribution in [0.3, 0.4) is 0 Å². The second-order valence-corrected chi connectivity index (χ2v) is 7.75. The predicted molar refractivity (Wildman–Crippen MR) is 104 cm³/mol. The normalized spacial score (nSPS) is 17.2. The maximum absolute atomic E-state index is 12.8. The Balaban J connectivity index is 1.34. The fourth-order valence-corrected chi connectivity index (χ4v) is 4.44. The van der Waals surface area contributed by atoms with E-state index in [9.17, 15) is 9.59 Å². The molecule has 1 aromatic heterocycles. The second-order valence-electron chi connectivity index (χ2n) is 6.80. The Hall–Kier alpha value is -2.34. The summed E-state index contributed by atoms with van der Waals surface area (Å²) in [5, 5.41) is 1.92. The topological polar surface area (TPSA) is 43.9 Å². The number of carbonyl (C=O) groups excluding carboxylic acids is 2. The largest absolute Gasteiger partial charge is 0.362 e. The number of aryl methyl sites for hydroxylation is 1. The molecule has 0 spiro atoms. The lowest BCUT2D eigenvalue weighted by atomic mass is 10.0. The number of benzene rings is 1. The van der Waals surface area contributed by atoms with E-state index in [0.717, 1.165) is 24.3 Å². The van der Waals surface area contributed by atoms with E-state index in [4.69, 9.17) is 0 Å². The number of fused-ring (bicyclic) bond motifs is 1. The standard InChI is InChI=1S/C20H23N3O2S/c24-19(15-23-9-3-6-16-5-1-2-7-17(16)23)21-10-12-22(13-11-21)20(25)18-8-4-14-26-18/h1-2,4-5,7-8,14H,3,6,9-13,15H2. The van der Waals surface area contributed by atoms with Gasteiger partial charge in [-0.2, -0.15) is 0 Å². The summed E-state index contributed by atoms with van der Waals surface area (Å²) in [7, 11) is 0. The first-order chi connectivity index (χ1) is 12.7. The van der Waals surface area contributed by atoms with Gasteiger partial charge in [0, 0.05) is 38.4 Å². The monoisotopic (exact) mass is 369 g/mol. The van der Waals surface area contributed by atoms with Crippen LogP contribution in [0.4, 0.5) is 5.69 Å². The summed E-state index contributed by atoms with van der Waals surface area (Å²) in [5.41, 5.74) is 2.52. The zero-order valence-corrected chi connectivity index (χ0v) is 15.6. The SMILES string of the molecule is O=C(CN1CCCc2ccccc21)N1CCN(C(=O)c2cccs2)CC1. The van der Waals surface area contributed by atoms with Gasteiger partial charge < -0.3 is 14.7 Å². The molecular formula is C20H23N3O2S. The van der Waals surface area contributed by atoms with Gasteiger partial charge >= 0.3 is 0 Å². The Labute approximate surface area is 157 Å². The molecule has 0 unspecified atom stereocenters. The zero-order valence-electron chi connectivity index (χ0n) is 14.8. The Morgan fingerprint density at radius 1 is 0.923 bits per heavy atom. The average Bonchev–Trinajstić information content (AvgIpc) is 3.23. The number of amides is 2. The van der Waals surface area contributed by atoms with Gasteiger partial charge in [0.1, 0.15) is 0 Å². The molecule has 5 nitrogen and oxygen atoms in total. The molecule has 2 aromatic rings. The summed E-state index contributed by atoms with van der Waals surface area (Å²) in [5.74, 6) is 0.238. The van der Waals surface area contributed by atoms with Gasteiger partial charge in [0.2, 0.25) is 5.91 Å². The first-order valence-corrected chi connectivity index (χ1v) is 10.0. The van der Waals surface area contributed by atoms with Crippen LogP contribution in [0.2, 0.25) is 0 Å². The molecule has 136 valence electrons. The third kappa shape index (κ3) is 3.46. The number of rotatable bonds is 3. The molecule has 0 atom stereocenters. The van der Waals surface area contributed by atoms with Crippen molar-refractivity contribution in [1.29, 1.82) is 0 Å². The van der Waals surface area contributed by atoms with Crippen molar-refractivity contribution in [3.8, 4) is 0 Å². The molecule has 1 fully saturated rings. The van der Waals surface area contributed by atoms with Crippen molar-refractivity contribution < 1.29 is 9.59 Å². The number of nitrogens with zero attached hydrogens (tertiary/aromatic N) is 3. The van der Waals surface area contributed by atoms with Crippen molar-refractivity contribution >= 4 is 28.8 Å². The van der Waals surface area contributed by atoms with E-state index in [-0.39, 0.29) is 11.8 Å². The van der Waals surface area contributed by atoms with Gasteiger partial charge in [0.25, 0.3) is 5.91 Å². The van der Waals surface area contributed by atoms with Crippen molar-refractivity contribution in [3.05, 3.63) is 52.2 Å².